The second-order valence-corrected chi connectivity index (χ2v) is 3.22. The number of hydrogen-bond donors (Lipinski definition) is 2. The molecule has 0 unspecified atom stereocenters. The van der Waals surface area contributed by atoms with Crippen molar-refractivity contribution in [3.63, 3.8) is 0 Å². The summed E-state index contributed by atoms with van der Waals surface area (Å²) in [6, 6.07) is 0. The van der Waals surface area contributed by atoms with E-state index < -0.39 is 4.92 Å². The van der Waals surface area contributed by atoms with Gasteiger partial charge in [-0.15, -0.1) is 0 Å². The Kier molecular flexibility index (Phi) is 3.62. The summed E-state index contributed by atoms with van der Waals surface area (Å²) in [5.41, 5.74) is 5.34. The lowest BCUT2D eigenvalue weighted by Gasteiger charge is -2.05. The summed E-state index contributed by atoms with van der Waals surface area (Å²) >= 11 is 0. The minimum Gasteiger partial charge on any atom is -0.364 e. The van der Waals surface area contributed by atoms with Crippen LogP contribution in [0.25, 0.3) is 0 Å². The zero-order valence-electron chi connectivity index (χ0n) is 8.86. The summed E-state index contributed by atoms with van der Waals surface area (Å²) in [6.07, 6.45) is 0.765. The molecule has 1 aromatic heterocycles. The van der Waals surface area contributed by atoms with E-state index in [-0.39, 0.29) is 5.82 Å². The smallest absolute Gasteiger partial charge is 0.364 e. The van der Waals surface area contributed by atoms with Gasteiger partial charge in [-0.05, 0) is 22.9 Å². The molecule has 3 N–H and O–H groups in total. The van der Waals surface area contributed by atoms with E-state index in [1.54, 1.807) is 18.5 Å². The Hall–Kier alpha value is -1.63. The van der Waals surface area contributed by atoms with E-state index >= 15 is 0 Å². The van der Waals surface area contributed by atoms with Crippen LogP contribution in [-0.4, -0.2) is 27.6 Å². The van der Waals surface area contributed by atoms with Crippen molar-refractivity contribution in [1.82, 2.24) is 9.55 Å². The van der Waals surface area contributed by atoms with Gasteiger partial charge in [0, 0.05) is 20.5 Å². The third kappa shape index (κ3) is 2.44. The Morgan fingerprint density at radius 3 is 2.87 bits per heavy atom. The maximum Gasteiger partial charge on any atom is 0.406 e. The molecule has 0 bridgehead atoms. The Morgan fingerprint density at radius 1 is 1.67 bits per heavy atom. The van der Waals surface area contributed by atoms with Gasteiger partial charge < -0.3 is 21.2 Å². The van der Waals surface area contributed by atoms with Crippen LogP contribution in [0.2, 0.25) is 0 Å². The van der Waals surface area contributed by atoms with Crippen LogP contribution in [0.1, 0.15) is 12.2 Å². The number of nitrogens with one attached hydrogen (secondary N) is 1. The fourth-order valence-corrected chi connectivity index (χ4v) is 1.23. The fraction of sp³-hybridized carbons (Fsp3) is 0.625. The van der Waals surface area contributed by atoms with Crippen LogP contribution in [0, 0.1) is 17.0 Å². The number of rotatable bonds is 5. The normalized spacial score (nSPS) is 10.3. The molecule has 0 aromatic carbocycles. The summed E-state index contributed by atoms with van der Waals surface area (Å²) in [4.78, 5) is 14.1. The summed E-state index contributed by atoms with van der Waals surface area (Å²) in [5.74, 6) is 0.912. The highest BCUT2D eigenvalue weighted by Gasteiger charge is 2.22. The molecular formula is C8H15N5O2. The first kappa shape index (κ1) is 11.4. The van der Waals surface area contributed by atoms with Gasteiger partial charge in [-0.2, -0.15) is 0 Å². The lowest BCUT2D eigenvalue weighted by Crippen LogP contribution is -2.11. The van der Waals surface area contributed by atoms with Gasteiger partial charge in [0.05, 0.1) is 0 Å². The molecule has 0 spiro atoms. The van der Waals surface area contributed by atoms with Crippen LogP contribution in [0.3, 0.4) is 0 Å². The maximum atomic E-state index is 10.7. The molecule has 0 aliphatic carbocycles. The Balaban J connectivity index is 2.88. The summed E-state index contributed by atoms with van der Waals surface area (Å²) in [6.45, 7) is 2.88. The molecule has 1 rings (SSSR count). The predicted molar refractivity (Wildman–Crippen MR) is 56.8 cm³/mol. The van der Waals surface area contributed by atoms with Gasteiger partial charge >= 0.3 is 5.82 Å². The number of nitrogens with zero attached hydrogens (tertiary/aromatic N) is 3. The van der Waals surface area contributed by atoms with Crippen molar-refractivity contribution in [3.8, 4) is 0 Å². The van der Waals surface area contributed by atoms with Crippen molar-refractivity contribution in [1.29, 1.82) is 0 Å². The van der Waals surface area contributed by atoms with Gasteiger partial charge in [-0.3, -0.25) is 4.57 Å². The largest absolute Gasteiger partial charge is 0.406 e. The number of nitrogens with two attached hydrogens (primary N) is 1. The van der Waals surface area contributed by atoms with Gasteiger partial charge in [0.15, 0.2) is 0 Å². The fourth-order valence-electron chi connectivity index (χ4n) is 1.23. The second kappa shape index (κ2) is 4.74. The number of hydrogen-bond acceptors (Lipinski definition) is 5. The first-order valence-electron chi connectivity index (χ1n) is 4.69. The van der Waals surface area contributed by atoms with E-state index in [1.165, 1.54) is 0 Å². The van der Waals surface area contributed by atoms with Crippen LogP contribution in [0.4, 0.5) is 11.6 Å². The Morgan fingerprint density at radius 2 is 2.33 bits per heavy atom. The maximum absolute atomic E-state index is 10.7. The molecule has 0 aliphatic rings. The van der Waals surface area contributed by atoms with E-state index in [0.717, 1.165) is 6.42 Å². The molecular weight excluding hydrogens is 198 g/mol. The summed E-state index contributed by atoms with van der Waals surface area (Å²) < 4.78 is 1.66. The third-order valence-corrected chi connectivity index (χ3v) is 2.15. The number of nitro groups is 1. The minimum atomic E-state index is -0.488. The molecule has 1 aromatic rings. The van der Waals surface area contributed by atoms with Gasteiger partial charge in [-0.1, -0.05) is 0 Å². The van der Waals surface area contributed by atoms with Gasteiger partial charge in [-0.25, -0.2) is 0 Å². The van der Waals surface area contributed by atoms with E-state index in [1.807, 2.05) is 0 Å². The van der Waals surface area contributed by atoms with E-state index in [4.69, 9.17) is 5.73 Å². The summed E-state index contributed by atoms with van der Waals surface area (Å²) in [5, 5.41) is 13.6. The van der Waals surface area contributed by atoms with Crippen molar-refractivity contribution in [3.05, 3.63) is 15.9 Å². The Labute approximate surface area is 87.4 Å². The first-order chi connectivity index (χ1) is 7.07. The SMILES string of the molecule is Cc1nc([N+](=O)[O-])c(NCCCN)n1C. The molecule has 7 nitrogen and oxygen atoms in total. The first-order valence-corrected chi connectivity index (χ1v) is 4.69. The zero-order valence-corrected chi connectivity index (χ0v) is 8.86. The van der Waals surface area contributed by atoms with Gasteiger partial charge in [0.25, 0.3) is 0 Å². The van der Waals surface area contributed by atoms with Crippen LogP contribution < -0.4 is 11.1 Å². The average molecular weight is 213 g/mol. The van der Waals surface area contributed by atoms with E-state index in [9.17, 15) is 10.1 Å². The molecule has 7 heteroatoms. The Bertz CT molecular complexity index is 360. The van der Waals surface area contributed by atoms with Crippen LogP contribution >= 0.6 is 0 Å². The molecule has 0 atom stereocenters. The molecule has 15 heavy (non-hydrogen) atoms. The van der Waals surface area contributed by atoms with Crippen LogP contribution in [-0.2, 0) is 7.05 Å². The van der Waals surface area contributed by atoms with Crippen LogP contribution in [0.15, 0.2) is 0 Å². The quantitative estimate of drug-likeness (QED) is 0.419. The molecule has 0 radical (unpaired) electrons. The highest BCUT2D eigenvalue weighted by atomic mass is 16.6. The minimum absolute atomic E-state index is 0.132. The topological polar surface area (TPSA) is 99.0 Å². The number of imidazole rings is 1. The second-order valence-electron chi connectivity index (χ2n) is 3.22. The highest BCUT2D eigenvalue weighted by Crippen LogP contribution is 2.23. The number of aromatic nitrogens is 2. The molecule has 0 aliphatic heterocycles. The lowest BCUT2D eigenvalue weighted by atomic mass is 10.4. The van der Waals surface area contributed by atoms with Crippen molar-refractivity contribution >= 4 is 11.6 Å². The van der Waals surface area contributed by atoms with Crippen molar-refractivity contribution in [2.45, 2.75) is 13.3 Å². The van der Waals surface area contributed by atoms with Crippen molar-refractivity contribution in [2.75, 3.05) is 18.4 Å². The van der Waals surface area contributed by atoms with Gasteiger partial charge in [0.2, 0.25) is 11.6 Å². The highest BCUT2D eigenvalue weighted by molar-refractivity contribution is 5.53. The lowest BCUT2D eigenvalue weighted by molar-refractivity contribution is -0.388. The average Bonchev–Trinajstić information content (AvgIpc) is 2.46. The number of aryl methyl sites for hydroxylation is 1. The monoisotopic (exact) mass is 213 g/mol. The van der Waals surface area contributed by atoms with Crippen LogP contribution in [0.5, 0.6) is 0 Å². The standard InChI is InChI=1S/C8H15N5O2/c1-6-11-8(13(14)15)7(12(6)2)10-5-3-4-9/h10H,3-5,9H2,1-2H3. The molecule has 0 saturated heterocycles. The molecule has 84 valence electrons. The van der Waals surface area contributed by atoms with Crippen molar-refractivity contribution in [2.24, 2.45) is 12.8 Å². The van der Waals surface area contributed by atoms with E-state index in [2.05, 4.69) is 10.3 Å². The summed E-state index contributed by atoms with van der Waals surface area (Å²) in [7, 11) is 1.74. The number of anilines is 1. The molecule has 0 amide bonds. The molecule has 1 heterocycles. The third-order valence-electron chi connectivity index (χ3n) is 2.15. The van der Waals surface area contributed by atoms with Crippen molar-refractivity contribution < 1.29 is 4.92 Å². The zero-order chi connectivity index (χ0) is 11.4. The van der Waals surface area contributed by atoms with E-state index in [0.29, 0.717) is 24.7 Å². The molecule has 0 fully saturated rings. The predicted octanol–water partition coefficient (Wildman–Crippen LogP) is 0.397. The molecule has 0 saturated carbocycles. The van der Waals surface area contributed by atoms with Gasteiger partial charge in [0.1, 0.15) is 0 Å².